The first kappa shape index (κ1) is 18.6. The standard InChI is InChI=1S/C19H23N3O3/c1-3-21(4-2)14-13-15-5-9-17(10-6-15)20-19(23)16-7-11-18(12-8-16)22(24)25/h5-12H,3-4,13-14H2,1-2H3,(H,20,23). The number of nitrogens with one attached hydrogen (secondary N) is 1. The molecule has 0 aliphatic rings. The normalized spacial score (nSPS) is 10.7. The lowest BCUT2D eigenvalue weighted by atomic mass is 10.1. The van der Waals surface area contributed by atoms with Crippen LogP contribution in [0.2, 0.25) is 0 Å². The molecule has 0 aromatic heterocycles. The summed E-state index contributed by atoms with van der Waals surface area (Å²) in [6.45, 7) is 7.40. The Bertz CT molecular complexity index is 708. The Balaban J connectivity index is 1.93. The number of rotatable bonds is 8. The van der Waals surface area contributed by atoms with Gasteiger partial charge in [0.2, 0.25) is 0 Å². The average Bonchev–Trinajstić information content (AvgIpc) is 2.64. The first-order valence-electron chi connectivity index (χ1n) is 8.40. The molecule has 0 saturated heterocycles. The maximum Gasteiger partial charge on any atom is 0.269 e. The van der Waals surface area contributed by atoms with E-state index in [4.69, 9.17) is 0 Å². The highest BCUT2D eigenvalue weighted by atomic mass is 16.6. The largest absolute Gasteiger partial charge is 0.322 e. The number of hydrogen-bond donors (Lipinski definition) is 1. The molecule has 0 aliphatic heterocycles. The van der Waals surface area contributed by atoms with Crippen LogP contribution in [0.1, 0.15) is 29.8 Å². The zero-order valence-electron chi connectivity index (χ0n) is 14.6. The summed E-state index contributed by atoms with van der Waals surface area (Å²) < 4.78 is 0. The Kier molecular flexibility index (Phi) is 6.65. The number of likely N-dealkylation sites (N-methyl/N-ethyl adjacent to an activating group) is 1. The Morgan fingerprint density at radius 2 is 1.64 bits per heavy atom. The van der Waals surface area contributed by atoms with Crippen LogP contribution in [0.25, 0.3) is 0 Å². The van der Waals surface area contributed by atoms with Gasteiger partial charge in [-0.05, 0) is 49.3 Å². The number of nitrogens with zero attached hydrogens (tertiary/aromatic N) is 2. The average molecular weight is 341 g/mol. The molecule has 0 heterocycles. The van der Waals surface area contributed by atoms with Crippen LogP contribution in [0.15, 0.2) is 48.5 Å². The van der Waals surface area contributed by atoms with Crippen LogP contribution in [-0.2, 0) is 6.42 Å². The van der Waals surface area contributed by atoms with Gasteiger partial charge in [0.15, 0.2) is 0 Å². The molecular formula is C19H23N3O3. The van der Waals surface area contributed by atoms with Crippen molar-refractivity contribution in [2.24, 2.45) is 0 Å². The second kappa shape index (κ2) is 8.94. The van der Waals surface area contributed by atoms with Crippen molar-refractivity contribution < 1.29 is 9.72 Å². The minimum Gasteiger partial charge on any atom is -0.322 e. The number of benzene rings is 2. The topological polar surface area (TPSA) is 75.5 Å². The molecule has 0 atom stereocenters. The zero-order chi connectivity index (χ0) is 18.2. The lowest BCUT2D eigenvalue weighted by molar-refractivity contribution is -0.384. The van der Waals surface area contributed by atoms with Crippen LogP contribution in [0.3, 0.4) is 0 Å². The molecule has 0 radical (unpaired) electrons. The molecule has 0 saturated carbocycles. The van der Waals surface area contributed by atoms with Gasteiger partial charge in [-0.2, -0.15) is 0 Å². The van der Waals surface area contributed by atoms with E-state index in [0.29, 0.717) is 11.3 Å². The van der Waals surface area contributed by atoms with Crippen molar-refractivity contribution in [1.82, 2.24) is 4.90 Å². The summed E-state index contributed by atoms with van der Waals surface area (Å²) in [5.41, 5.74) is 2.28. The van der Waals surface area contributed by atoms with Gasteiger partial charge in [0, 0.05) is 29.9 Å². The first-order valence-corrected chi connectivity index (χ1v) is 8.40. The van der Waals surface area contributed by atoms with E-state index in [0.717, 1.165) is 26.1 Å². The van der Waals surface area contributed by atoms with Gasteiger partial charge in [0.25, 0.3) is 11.6 Å². The molecule has 1 N–H and O–H groups in total. The van der Waals surface area contributed by atoms with Gasteiger partial charge >= 0.3 is 0 Å². The van der Waals surface area contributed by atoms with Crippen molar-refractivity contribution in [1.29, 1.82) is 0 Å². The van der Waals surface area contributed by atoms with Crippen LogP contribution in [-0.4, -0.2) is 35.4 Å². The van der Waals surface area contributed by atoms with Gasteiger partial charge in [0.05, 0.1) is 4.92 Å². The maximum atomic E-state index is 12.2. The number of nitro groups is 1. The van der Waals surface area contributed by atoms with Crippen LogP contribution < -0.4 is 5.32 Å². The Morgan fingerprint density at radius 3 is 2.16 bits per heavy atom. The van der Waals surface area contributed by atoms with Crippen molar-refractivity contribution >= 4 is 17.3 Å². The van der Waals surface area contributed by atoms with Gasteiger partial charge in [-0.3, -0.25) is 14.9 Å². The van der Waals surface area contributed by atoms with E-state index in [2.05, 4.69) is 24.1 Å². The van der Waals surface area contributed by atoms with E-state index in [-0.39, 0.29) is 11.6 Å². The zero-order valence-corrected chi connectivity index (χ0v) is 14.6. The number of carbonyl (C=O) groups excluding carboxylic acids is 1. The highest BCUT2D eigenvalue weighted by molar-refractivity contribution is 6.04. The van der Waals surface area contributed by atoms with Crippen molar-refractivity contribution in [2.75, 3.05) is 25.0 Å². The number of nitro benzene ring substituents is 1. The lowest BCUT2D eigenvalue weighted by Crippen LogP contribution is -2.25. The highest BCUT2D eigenvalue weighted by Crippen LogP contribution is 2.15. The van der Waals surface area contributed by atoms with E-state index >= 15 is 0 Å². The third kappa shape index (κ3) is 5.39. The summed E-state index contributed by atoms with van der Waals surface area (Å²) in [6, 6.07) is 13.3. The summed E-state index contributed by atoms with van der Waals surface area (Å²) in [6.07, 6.45) is 0.970. The molecule has 1 amide bonds. The molecule has 6 heteroatoms. The molecule has 0 aliphatic carbocycles. The van der Waals surface area contributed by atoms with Crippen molar-refractivity contribution in [3.05, 3.63) is 69.8 Å². The summed E-state index contributed by atoms with van der Waals surface area (Å²) in [5, 5.41) is 13.4. The van der Waals surface area contributed by atoms with E-state index < -0.39 is 4.92 Å². The second-order valence-corrected chi connectivity index (χ2v) is 5.73. The smallest absolute Gasteiger partial charge is 0.269 e. The maximum absolute atomic E-state index is 12.2. The fraction of sp³-hybridized carbons (Fsp3) is 0.316. The van der Waals surface area contributed by atoms with Crippen LogP contribution in [0.5, 0.6) is 0 Å². The summed E-state index contributed by atoms with van der Waals surface area (Å²) in [5.74, 6) is -0.286. The molecule has 132 valence electrons. The highest BCUT2D eigenvalue weighted by Gasteiger charge is 2.09. The minimum absolute atomic E-state index is 0.0332. The molecule has 0 fully saturated rings. The fourth-order valence-corrected chi connectivity index (χ4v) is 2.52. The summed E-state index contributed by atoms with van der Waals surface area (Å²) >= 11 is 0. The summed E-state index contributed by atoms with van der Waals surface area (Å²) in [7, 11) is 0. The van der Waals surface area contributed by atoms with Gasteiger partial charge in [-0.1, -0.05) is 26.0 Å². The number of amides is 1. The van der Waals surface area contributed by atoms with Gasteiger partial charge in [0.1, 0.15) is 0 Å². The molecule has 6 nitrogen and oxygen atoms in total. The van der Waals surface area contributed by atoms with Gasteiger partial charge in [-0.25, -0.2) is 0 Å². The van der Waals surface area contributed by atoms with Crippen LogP contribution >= 0.6 is 0 Å². The third-order valence-electron chi connectivity index (χ3n) is 4.16. The van der Waals surface area contributed by atoms with E-state index in [1.807, 2.05) is 24.3 Å². The number of carbonyl (C=O) groups is 1. The predicted octanol–water partition coefficient (Wildman–Crippen LogP) is 3.73. The molecule has 0 spiro atoms. The number of non-ortho nitro benzene ring substituents is 1. The number of anilines is 1. The monoisotopic (exact) mass is 341 g/mol. The SMILES string of the molecule is CCN(CC)CCc1ccc(NC(=O)c2ccc([N+](=O)[O-])cc2)cc1. The van der Waals surface area contributed by atoms with E-state index in [1.54, 1.807) is 0 Å². The summed E-state index contributed by atoms with van der Waals surface area (Å²) in [4.78, 5) is 24.7. The molecular weight excluding hydrogens is 318 g/mol. The van der Waals surface area contributed by atoms with Crippen LogP contribution in [0.4, 0.5) is 11.4 Å². The quantitative estimate of drug-likeness (QED) is 0.586. The van der Waals surface area contributed by atoms with E-state index in [1.165, 1.54) is 29.8 Å². The number of hydrogen-bond acceptors (Lipinski definition) is 4. The van der Waals surface area contributed by atoms with Crippen molar-refractivity contribution in [2.45, 2.75) is 20.3 Å². The first-order chi connectivity index (χ1) is 12.0. The molecule has 25 heavy (non-hydrogen) atoms. The van der Waals surface area contributed by atoms with Gasteiger partial charge in [-0.15, -0.1) is 0 Å². The molecule has 2 aromatic carbocycles. The minimum atomic E-state index is -0.487. The Hall–Kier alpha value is -2.73. The Labute approximate surface area is 147 Å². The fourth-order valence-electron chi connectivity index (χ4n) is 2.52. The predicted molar refractivity (Wildman–Crippen MR) is 99.0 cm³/mol. The second-order valence-electron chi connectivity index (χ2n) is 5.73. The Morgan fingerprint density at radius 1 is 1.04 bits per heavy atom. The lowest BCUT2D eigenvalue weighted by Gasteiger charge is -2.17. The molecule has 2 aromatic rings. The molecule has 2 rings (SSSR count). The van der Waals surface area contributed by atoms with Gasteiger partial charge < -0.3 is 10.2 Å². The van der Waals surface area contributed by atoms with Crippen molar-refractivity contribution in [3.8, 4) is 0 Å². The molecule has 0 bridgehead atoms. The van der Waals surface area contributed by atoms with Crippen molar-refractivity contribution in [3.63, 3.8) is 0 Å². The third-order valence-corrected chi connectivity index (χ3v) is 4.16. The van der Waals surface area contributed by atoms with Crippen LogP contribution in [0, 0.1) is 10.1 Å². The molecule has 0 unspecified atom stereocenters. The van der Waals surface area contributed by atoms with E-state index in [9.17, 15) is 14.9 Å².